The van der Waals surface area contributed by atoms with E-state index in [1.54, 1.807) is 6.08 Å². The second-order valence-electron chi connectivity index (χ2n) is 5.42. The molecule has 0 spiro atoms. The largest absolute Gasteiger partial charge is 0.469 e. The van der Waals surface area contributed by atoms with Crippen molar-refractivity contribution in [3.8, 4) is 0 Å². The number of esters is 1. The van der Waals surface area contributed by atoms with Gasteiger partial charge in [0.05, 0.1) is 13.7 Å². The number of carbonyl (C=O) groups excluding carboxylic acids is 2. The summed E-state index contributed by atoms with van der Waals surface area (Å²) >= 11 is 0. The number of ether oxygens (including phenoxy) is 1. The van der Waals surface area contributed by atoms with Gasteiger partial charge in [-0.05, 0) is 25.2 Å². The van der Waals surface area contributed by atoms with E-state index in [4.69, 9.17) is 5.11 Å². The second-order valence-corrected chi connectivity index (χ2v) is 5.42. The van der Waals surface area contributed by atoms with Crippen LogP contribution >= 0.6 is 0 Å². The maximum atomic E-state index is 11.8. The van der Waals surface area contributed by atoms with Crippen molar-refractivity contribution in [2.24, 2.45) is 11.8 Å². The van der Waals surface area contributed by atoms with Gasteiger partial charge in [-0.15, -0.1) is 0 Å². The van der Waals surface area contributed by atoms with E-state index in [0.717, 1.165) is 38.5 Å². The van der Waals surface area contributed by atoms with Crippen LogP contribution in [0.1, 0.15) is 51.4 Å². The van der Waals surface area contributed by atoms with Crippen molar-refractivity contribution in [3.05, 3.63) is 12.2 Å². The Morgan fingerprint density at radius 1 is 1.35 bits per heavy atom. The number of rotatable bonds is 9. The Morgan fingerprint density at radius 2 is 2.10 bits per heavy atom. The highest BCUT2D eigenvalue weighted by Crippen LogP contribution is 2.33. The summed E-state index contributed by atoms with van der Waals surface area (Å²) in [6.45, 7) is 0.0466. The van der Waals surface area contributed by atoms with E-state index in [1.165, 1.54) is 7.11 Å². The molecule has 0 aromatic carbocycles. The van der Waals surface area contributed by atoms with Crippen molar-refractivity contribution >= 4 is 11.8 Å². The predicted octanol–water partition coefficient (Wildman–Crippen LogP) is 2.64. The minimum absolute atomic E-state index is 0.0466. The first-order valence-electron chi connectivity index (χ1n) is 7.56. The lowest BCUT2D eigenvalue weighted by atomic mass is 9.89. The average molecular weight is 282 g/mol. The zero-order valence-electron chi connectivity index (χ0n) is 12.3. The number of ketones is 1. The Labute approximate surface area is 121 Å². The number of aliphatic hydroxyl groups is 1. The number of Topliss-reactive ketones (excluding diaryl/α,β-unsaturated/α-hetero) is 1. The molecule has 4 nitrogen and oxygen atoms in total. The third kappa shape index (κ3) is 5.87. The summed E-state index contributed by atoms with van der Waals surface area (Å²) in [7, 11) is 1.41. The number of methoxy groups -OCH3 is 1. The van der Waals surface area contributed by atoms with Crippen LogP contribution in [0, 0.1) is 11.8 Å². The lowest BCUT2D eigenvalue weighted by molar-refractivity contribution is -0.140. The van der Waals surface area contributed by atoms with Gasteiger partial charge < -0.3 is 9.84 Å². The molecule has 1 N–H and O–H groups in total. The number of hydrogen-bond donors (Lipinski definition) is 1. The first-order chi connectivity index (χ1) is 9.69. The monoisotopic (exact) mass is 282 g/mol. The quantitative estimate of drug-likeness (QED) is 0.401. The molecule has 1 saturated carbocycles. The molecule has 114 valence electrons. The highest BCUT2D eigenvalue weighted by atomic mass is 16.5. The SMILES string of the molecule is COC(=O)CCCCCC[C@H]1C(=O)CC[C@@H]1C=CCO. The number of allylic oxidation sites excluding steroid dienone is 1. The lowest BCUT2D eigenvalue weighted by Crippen LogP contribution is -2.13. The van der Waals surface area contributed by atoms with Gasteiger partial charge in [0, 0.05) is 18.8 Å². The van der Waals surface area contributed by atoms with E-state index >= 15 is 0 Å². The molecule has 4 heteroatoms. The zero-order chi connectivity index (χ0) is 14.8. The van der Waals surface area contributed by atoms with Crippen molar-refractivity contribution in [1.29, 1.82) is 0 Å². The Hall–Kier alpha value is -1.16. The molecule has 0 amide bonds. The summed E-state index contributed by atoms with van der Waals surface area (Å²) in [5, 5.41) is 8.81. The molecular formula is C16H26O4. The molecule has 1 rings (SSSR count). The fourth-order valence-corrected chi connectivity index (χ4v) is 2.86. The van der Waals surface area contributed by atoms with Crippen LogP contribution in [-0.4, -0.2) is 30.6 Å². The van der Waals surface area contributed by atoms with E-state index < -0.39 is 0 Å². The molecule has 1 aliphatic rings. The maximum Gasteiger partial charge on any atom is 0.305 e. The predicted molar refractivity (Wildman–Crippen MR) is 77.2 cm³/mol. The highest BCUT2D eigenvalue weighted by molar-refractivity contribution is 5.83. The molecule has 2 atom stereocenters. The molecule has 1 fully saturated rings. The fourth-order valence-electron chi connectivity index (χ4n) is 2.86. The van der Waals surface area contributed by atoms with Crippen LogP contribution < -0.4 is 0 Å². The number of aliphatic hydroxyl groups excluding tert-OH is 1. The van der Waals surface area contributed by atoms with E-state index in [2.05, 4.69) is 4.74 Å². The van der Waals surface area contributed by atoms with Gasteiger partial charge in [0.25, 0.3) is 0 Å². The molecule has 1 aliphatic carbocycles. The first kappa shape index (κ1) is 16.9. The van der Waals surface area contributed by atoms with Crippen LogP contribution in [0.3, 0.4) is 0 Å². The molecule has 0 radical (unpaired) electrons. The van der Waals surface area contributed by atoms with E-state index in [-0.39, 0.29) is 18.5 Å². The molecule has 0 saturated heterocycles. The normalized spacial score (nSPS) is 22.6. The number of hydrogen-bond acceptors (Lipinski definition) is 4. The third-order valence-electron chi connectivity index (χ3n) is 4.02. The topological polar surface area (TPSA) is 63.6 Å². The first-order valence-corrected chi connectivity index (χ1v) is 7.56. The van der Waals surface area contributed by atoms with Crippen LogP contribution in [0.2, 0.25) is 0 Å². The molecule has 0 unspecified atom stereocenters. The van der Waals surface area contributed by atoms with Gasteiger partial charge in [0.2, 0.25) is 0 Å². The Kier molecular flexibility index (Phi) is 8.19. The van der Waals surface area contributed by atoms with Crippen LogP contribution in [0.25, 0.3) is 0 Å². The van der Waals surface area contributed by atoms with Crippen molar-refractivity contribution in [2.45, 2.75) is 51.4 Å². The van der Waals surface area contributed by atoms with Crippen molar-refractivity contribution in [3.63, 3.8) is 0 Å². The summed E-state index contributed by atoms with van der Waals surface area (Å²) in [6, 6.07) is 0. The van der Waals surface area contributed by atoms with Crippen LogP contribution in [-0.2, 0) is 14.3 Å². The molecule has 0 heterocycles. The van der Waals surface area contributed by atoms with Gasteiger partial charge in [-0.25, -0.2) is 0 Å². The van der Waals surface area contributed by atoms with E-state index in [9.17, 15) is 9.59 Å². The highest BCUT2D eigenvalue weighted by Gasteiger charge is 2.31. The Bertz CT molecular complexity index is 335. The summed E-state index contributed by atoms with van der Waals surface area (Å²) in [6.07, 6.45) is 10.7. The van der Waals surface area contributed by atoms with Gasteiger partial charge in [0.15, 0.2) is 0 Å². The van der Waals surface area contributed by atoms with Crippen molar-refractivity contribution < 1.29 is 19.4 Å². The lowest BCUT2D eigenvalue weighted by Gasteiger charge is -2.14. The van der Waals surface area contributed by atoms with E-state index in [0.29, 0.717) is 24.5 Å². The molecule has 0 aromatic heterocycles. The molecular weight excluding hydrogens is 256 g/mol. The minimum Gasteiger partial charge on any atom is -0.469 e. The van der Waals surface area contributed by atoms with Crippen LogP contribution in [0.4, 0.5) is 0 Å². The number of unbranched alkanes of at least 4 members (excludes halogenated alkanes) is 3. The maximum absolute atomic E-state index is 11.8. The summed E-state index contributed by atoms with van der Waals surface area (Å²) in [5.74, 6) is 0.667. The van der Waals surface area contributed by atoms with Crippen LogP contribution in [0.15, 0.2) is 12.2 Å². The summed E-state index contributed by atoms with van der Waals surface area (Å²) in [5.41, 5.74) is 0. The Morgan fingerprint density at radius 3 is 2.80 bits per heavy atom. The van der Waals surface area contributed by atoms with Gasteiger partial charge >= 0.3 is 5.97 Å². The molecule has 20 heavy (non-hydrogen) atoms. The Balaban J connectivity index is 2.17. The minimum atomic E-state index is -0.148. The zero-order valence-corrected chi connectivity index (χ0v) is 12.3. The van der Waals surface area contributed by atoms with Crippen molar-refractivity contribution in [2.75, 3.05) is 13.7 Å². The second kappa shape index (κ2) is 9.70. The summed E-state index contributed by atoms with van der Waals surface area (Å²) < 4.78 is 4.59. The fraction of sp³-hybridized carbons (Fsp3) is 0.750. The van der Waals surface area contributed by atoms with Gasteiger partial charge in [0.1, 0.15) is 5.78 Å². The third-order valence-corrected chi connectivity index (χ3v) is 4.02. The van der Waals surface area contributed by atoms with Crippen LogP contribution in [0.5, 0.6) is 0 Å². The smallest absolute Gasteiger partial charge is 0.305 e. The van der Waals surface area contributed by atoms with Crippen molar-refractivity contribution in [1.82, 2.24) is 0 Å². The molecule has 0 aromatic rings. The van der Waals surface area contributed by atoms with Gasteiger partial charge in [-0.1, -0.05) is 31.4 Å². The number of carbonyl (C=O) groups is 2. The van der Waals surface area contributed by atoms with Gasteiger partial charge in [-0.3, -0.25) is 9.59 Å². The summed E-state index contributed by atoms with van der Waals surface area (Å²) in [4.78, 5) is 22.8. The van der Waals surface area contributed by atoms with Gasteiger partial charge in [-0.2, -0.15) is 0 Å². The average Bonchev–Trinajstić information content (AvgIpc) is 2.80. The molecule has 0 aliphatic heterocycles. The standard InChI is InChI=1S/C16H26O4/c1-20-16(19)9-5-3-2-4-8-14-13(7-6-12-17)10-11-15(14)18/h6-7,13-14,17H,2-5,8-12H2,1H3/t13-,14+/m0/s1. The van der Waals surface area contributed by atoms with E-state index in [1.807, 2.05) is 6.08 Å². The molecule has 0 bridgehead atoms.